The van der Waals surface area contributed by atoms with E-state index >= 15 is 0 Å². The van der Waals surface area contributed by atoms with E-state index in [1.807, 2.05) is 54.2 Å². The number of hydrogen-bond acceptors (Lipinski definition) is 5. The van der Waals surface area contributed by atoms with Crippen molar-refractivity contribution in [3.05, 3.63) is 60.4 Å². The van der Waals surface area contributed by atoms with Crippen molar-refractivity contribution < 1.29 is 14.2 Å². The minimum Gasteiger partial charge on any atom is -0.493 e. The maximum atomic E-state index is 5.43. The molecule has 0 amide bonds. The predicted octanol–water partition coefficient (Wildman–Crippen LogP) is 4.09. The fraction of sp³-hybridized carbons (Fsp3) is 0.273. The van der Waals surface area contributed by atoms with Gasteiger partial charge in [0, 0.05) is 36.8 Å². The van der Waals surface area contributed by atoms with Crippen molar-refractivity contribution in [2.24, 2.45) is 4.99 Å². The molecule has 2 N–H and O–H groups in total. The Bertz CT molecular complexity index is 968. The molecule has 0 bridgehead atoms. The van der Waals surface area contributed by atoms with E-state index in [0.717, 1.165) is 23.5 Å². The monoisotopic (exact) mass is 537 g/mol. The van der Waals surface area contributed by atoms with Gasteiger partial charge in [-0.2, -0.15) is 5.10 Å². The zero-order valence-corrected chi connectivity index (χ0v) is 20.4. The Morgan fingerprint density at radius 3 is 2.35 bits per heavy atom. The van der Waals surface area contributed by atoms with Crippen LogP contribution >= 0.6 is 24.0 Å². The number of halogens is 1. The lowest BCUT2D eigenvalue weighted by molar-refractivity contribution is 0.324. The molecule has 0 fully saturated rings. The summed E-state index contributed by atoms with van der Waals surface area (Å²) < 4.78 is 18.1. The molecule has 9 heteroatoms. The summed E-state index contributed by atoms with van der Waals surface area (Å²) >= 11 is 0. The summed E-state index contributed by atoms with van der Waals surface area (Å²) in [7, 11) is 4.76. The number of hydrogen-bond donors (Lipinski definition) is 2. The van der Waals surface area contributed by atoms with Crippen LogP contribution in [-0.2, 0) is 6.54 Å². The number of anilines is 1. The van der Waals surface area contributed by atoms with Crippen molar-refractivity contribution in [2.45, 2.75) is 13.5 Å². The minimum absolute atomic E-state index is 0. The molecule has 2 aromatic carbocycles. The Morgan fingerprint density at radius 2 is 1.77 bits per heavy atom. The summed E-state index contributed by atoms with van der Waals surface area (Å²) in [6, 6.07) is 13.7. The van der Waals surface area contributed by atoms with Gasteiger partial charge in [0.1, 0.15) is 0 Å². The first kappa shape index (κ1) is 24.3. The van der Waals surface area contributed by atoms with E-state index in [-0.39, 0.29) is 24.0 Å². The molecule has 0 radical (unpaired) electrons. The minimum atomic E-state index is 0. The first-order chi connectivity index (χ1) is 14.7. The van der Waals surface area contributed by atoms with Gasteiger partial charge in [0.05, 0.1) is 33.6 Å². The molecule has 0 atom stereocenters. The molecule has 0 spiro atoms. The Labute approximate surface area is 199 Å². The van der Waals surface area contributed by atoms with Crippen molar-refractivity contribution in [3.8, 4) is 22.9 Å². The van der Waals surface area contributed by atoms with E-state index in [1.54, 1.807) is 27.5 Å². The van der Waals surface area contributed by atoms with Gasteiger partial charge in [0.15, 0.2) is 17.5 Å². The number of nitrogens with one attached hydrogen (secondary N) is 2. The third-order valence-electron chi connectivity index (χ3n) is 4.37. The van der Waals surface area contributed by atoms with Gasteiger partial charge in [-0.15, -0.1) is 24.0 Å². The predicted molar refractivity (Wildman–Crippen MR) is 134 cm³/mol. The van der Waals surface area contributed by atoms with Crippen LogP contribution in [0.4, 0.5) is 5.69 Å². The average molecular weight is 537 g/mol. The lowest BCUT2D eigenvalue weighted by Gasteiger charge is -2.16. The maximum Gasteiger partial charge on any atom is 0.203 e. The number of rotatable bonds is 8. The van der Waals surface area contributed by atoms with Gasteiger partial charge in [0.25, 0.3) is 0 Å². The number of ether oxygens (including phenoxy) is 3. The molecule has 31 heavy (non-hydrogen) atoms. The van der Waals surface area contributed by atoms with Crippen LogP contribution < -0.4 is 24.8 Å². The highest BCUT2D eigenvalue weighted by Crippen LogP contribution is 2.39. The SMILES string of the molecule is CCNC(=NCc1cccc(-n2cccn2)c1)Nc1cc(OC)c(OC)c(OC)c1.I. The molecule has 0 unspecified atom stereocenters. The number of aliphatic imine (C=N–C) groups is 1. The molecule has 3 aromatic rings. The quantitative estimate of drug-likeness (QED) is 0.256. The molecule has 0 aliphatic rings. The highest BCUT2D eigenvalue weighted by molar-refractivity contribution is 14.0. The molecule has 0 saturated carbocycles. The molecule has 0 aliphatic carbocycles. The van der Waals surface area contributed by atoms with Crippen LogP contribution in [0.5, 0.6) is 17.2 Å². The fourth-order valence-electron chi connectivity index (χ4n) is 2.99. The summed E-state index contributed by atoms with van der Waals surface area (Å²) in [6.07, 6.45) is 3.67. The normalized spacial score (nSPS) is 10.8. The van der Waals surface area contributed by atoms with Gasteiger partial charge in [-0.25, -0.2) is 9.67 Å². The number of guanidine groups is 1. The summed E-state index contributed by atoms with van der Waals surface area (Å²) in [5.41, 5.74) is 2.84. The fourth-order valence-corrected chi connectivity index (χ4v) is 2.99. The standard InChI is InChI=1S/C22H27N5O3.HI/c1-5-23-22(26-17-13-19(28-2)21(30-4)20(14-17)29-3)24-15-16-8-6-9-18(12-16)27-11-7-10-25-27;/h6-14H,5,15H2,1-4H3,(H2,23,24,26);1H. The van der Waals surface area contributed by atoms with Crippen molar-refractivity contribution >= 4 is 35.6 Å². The second-order valence-corrected chi connectivity index (χ2v) is 6.35. The van der Waals surface area contributed by atoms with Crippen LogP contribution in [0.1, 0.15) is 12.5 Å². The Balaban J connectivity index is 0.00000341. The van der Waals surface area contributed by atoms with Gasteiger partial charge in [-0.3, -0.25) is 0 Å². The van der Waals surface area contributed by atoms with Crippen molar-refractivity contribution in [3.63, 3.8) is 0 Å². The van der Waals surface area contributed by atoms with Gasteiger partial charge in [-0.05, 0) is 30.7 Å². The van der Waals surface area contributed by atoms with Gasteiger partial charge < -0.3 is 24.8 Å². The molecular formula is C22H28IN5O3. The first-order valence-electron chi connectivity index (χ1n) is 9.62. The van der Waals surface area contributed by atoms with E-state index in [0.29, 0.717) is 29.8 Å². The summed E-state index contributed by atoms with van der Waals surface area (Å²) in [5, 5.41) is 10.8. The lowest BCUT2D eigenvalue weighted by atomic mass is 10.2. The molecule has 1 heterocycles. The van der Waals surface area contributed by atoms with E-state index < -0.39 is 0 Å². The van der Waals surface area contributed by atoms with E-state index in [9.17, 15) is 0 Å². The number of benzene rings is 2. The Hall–Kier alpha value is -2.95. The maximum absolute atomic E-state index is 5.43. The summed E-state index contributed by atoms with van der Waals surface area (Å²) in [6.45, 7) is 3.25. The highest BCUT2D eigenvalue weighted by Gasteiger charge is 2.14. The summed E-state index contributed by atoms with van der Waals surface area (Å²) in [4.78, 5) is 4.71. The number of aromatic nitrogens is 2. The van der Waals surface area contributed by atoms with Crippen LogP contribution in [-0.4, -0.2) is 43.6 Å². The second-order valence-electron chi connectivity index (χ2n) is 6.35. The Morgan fingerprint density at radius 1 is 1.03 bits per heavy atom. The largest absolute Gasteiger partial charge is 0.493 e. The smallest absolute Gasteiger partial charge is 0.203 e. The average Bonchev–Trinajstić information content (AvgIpc) is 3.32. The van der Waals surface area contributed by atoms with Crippen molar-refractivity contribution in [1.29, 1.82) is 0 Å². The van der Waals surface area contributed by atoms with Crippen molar-refractivity contribution in [2.75, 3.05) is 33.2 Å². The molecule has 8 nitrogen and oxygen atoms in total. The van der Waals surface area contributed by atoms with Gasteiger partial charge in [0.2, 0.25) is 5.75 Å². The topological polar surface area (TPSA) is 81.9 Å². The van der Waals surface area contributed by atoms with Crippen LogP contribution in [0, 0.1) is 0 Å². The van der Waals surface area contributed by atoms with Crippen LogP contribution in [0.25, 0.3) is 5.69 Å². The molecule has 3 rings (SSSR count). The highest BCUT2D eigenvalue weighted by atomic mass is 127. The summed E-state index contributed by atoms with van der Waals surface area (Å²) in [5.74, 6) is 2.34. The molecular weight excluding hydrogens is 509 g/mol. The first-order valence-corrected chi connectivity index (χ1v) is 9.62. The van der Waals surface area contributed by atoms with E-state index in [2.05, 4.69) is 21.8 Å². The molecule has 0 saturated heterocycles. The number of nitrogens with zero attached hydrogens (tertiary/aromatic N) is 3. The van der Waals surface area contributed by atoms with Crippen LogP contribution in [0.3, 0.4) is 0 Å². The third-order valence-corrected chi connectivity index (χ3v) is 4.37. The lowest BCUT2D eigenvalue weighted by Crippen LogP contribution is -2.30. The third kappa shape index (κ3) is 6.27. The van der Waals surface area contributed by atoms with Gasteiger partial charge in [-0.1, -0.05) is 12.1 Å². The molecule has 1 aromatic heterocycles. The zero-order chi connectivity index (χ0) is 21.3. The zero-order valence-electron chi connectivity index (χ0n) is 18.1. The number of methoxy groups -OCH3 is 3. The Kier molecular flexibility index (Phi) is 9.44. The van der Waals surface area contributed by atoms with E-state index in [1.165, 1.54) is 0 Å². The molecule has 0 aliphatic heterocycles. The van der Waals surface area contributed by atoms with Crippen LogP contribution in [0.15, 0.2) is 59.9 Å². The van der Waals surface area contributed by atoms with Crippen molar-refractivity contribution in [1.82, 2.24) is 15.1 Å². The van der Waals surface area contributed by atoms with Crippen LogP contribution in [0.2, 0.25) is 0 Å². The van der Waals surface area contributed by atoms with Gasteiger partial charge >= 0.3 is 0 Å². The second kappa shape index (κ2) is 12.0. The van der Waals surface area contributed by atoms with E-state index in [4.69, 9.17) is 19.2 Å². The molecule has 166 valence electrons.